The van der Waals surface area contributed by atoms with E-state index < -0.39 is 0 Å². The highest BCUT2D eigenvalue weighted by molar-refractivity contribution is 5.14. The Morgan fingerprint density at radius 3 is 2.62 bits per heavy atom. The van der Waals surface area contributed by atoms with Gasteiger partial charge in [0.15, 0.2) is 0 Å². The number of hydrogen-bond acceptors (Lipinski definition) is 0. The third-order valence-electron chi connectivity index (χ3n) is 0.896. The third-order valence-corrected chi connectivity index (χ3v) is 0.896. The topological polar surface area (TPSA) is 0 Å². The molecule has 0 saturated carbocycles. The molecule has 0 heterocycles. The summed E-state index contributed by atoms with van der Waals surface area (Å²) in [6, 6.07) is 0. The van der Waals surface area contributed by atoms with E-state index in [1.54, 1.807) is 0 Å². The van der Waals surface area contributed by atoms with Gasteiger partial charge in [-0.15, -0.1) is 0 Å². The zero-order valence-corrected chi connectivity index (χ0v) is 5.65. The molecule has 0 atom stereocenters. The zero-order chi connectivity index (χ0) is 6.41. The standard InChI is InChI=1S/C8H13/c1-4-6-8(3)7-5-2/h5-7H,1,4H2,2-3H3. The monoisotopic (exact) mass is 109 g/mol. The predicted octanol–water partition coefficient (Wildman–Crippen LogP) is 2.73. The molecular weight excluding hydrogens is 96.1 g/mol. The van der Waals surface area contributed by atoms with Crippen molar-refractivity contribution in [1.29, 1.82) is 0 Å². The quantitative estimate of drug-likeness (QED) is 0.478. The molecule has 0 amide bonds. The van der Waals surface area contributed by atoms with Gasteiger partial charge in [-0.25, -0.2) is 0 Å². The minimum atomic E-state index is 0.885. The van der Waals surface area contributed by atoms with Crippen LogP contribution in [0.2, 0.25) is 0 Å². The van der Waals surface area contributed by atoms with Gasteiger partial charge in [0.25, 0.3) is 0 Å². The first-order valence-electron chi connectivity index (χ1n) is 2.90. The van der Waals surface area contributed by atoms with Gasteiger partial charge in [-0.05, 0) is 27.2 Å². The second-order valence-electron chi connectivity index (χ2n) is 1.74. The van der Waals surface area contributed by atoms with Crippen LogP contribution in [0, 0.1) is 6.92 Å². The summed E-state index contributed by atoms with van der Waals surface area (Å²) in [7, 11) is 0. The molecule has 0 nitrogen and oxygen atoms in total. The van der Waals surface area contributed by atoms with E-state index in [0.717, 1.165) is 6.42 Å². The van der Waals surface area contributed by atoms with Crippen LogP contribution in [-0.2, 0) is 0 Å². The molecule has 0 saturated heterocycles. The lowest BCUT2D eigenvalue weighted by atomic mass is 10.2. The summed E-state index contributed by atoms with van der Waals surface area (Å²) in [6.45, 7) is 7.79. The molecule has 0 unspecified atom stereocenters. The number of rotatable bonds is 2. The fraction of sp³-hybridized carbons (Fsp3) is 0.375. The van der Waals surface area contributed by atoms with Gasteiger partial charge in [-0.1, -0.05) is 23.8 Å². The number of hydrogen-bond donors (Lipinski definition) is 0. The first kappa shape index (κ1) is 7.48. The van der Waals surface area contributed by atoms with Crippen LogP contribution in [0.15, 0.2) is 23.8 Å². The molecule has 0 aliphatic carbocycles. The lowest BCUT2D eigenvalue weighted by Gasteiger charge is -1.85. The summed E-state index contributed by atoms with van der Waals surface area (Å²) < 4.78 is 0. The normalized spacial score (nSPS) is 13.1. The molecule has 0 spiro atoms. The van der Waals surface area contributed by atoms with Gasteiger partial charge in [0.2, 0.25) is 0 Å². The summed E-state index contributed by atoms with van der Waals surface area (Å²) in [6.07, 6.45) is 7.09. The van der Waals surface area contributed by atoms with Gasteiger partial charge >= 0.3 is 0 Å². The lowest BCUT2D eigenvalue weighted by molar-refractivity contribution is 1.33. The van der Waals surface area contributed by atoms with Gasteiger partial charge in [-0.3, -0.25) is 0 Å². The van der Waals surface area contributed by atoms with Gasteiger partial charge in [0.1, 0.15) is 0 Å². The van der Waals surface area contributed by atoms with Crippen LogP contribution in [-0.4, -0.2) is 0 Å². The Morgan fingerprint density at radius 2 is 2.25 bits per heavy atom. The average molecular weight is 109 g/mol. The van der Waals surface area contributed by atoms with E-state index in [4.69, 9.17) is 0 Å². The van der Waals surface area contributed by atoms with E-state index in [-0.39, 0.29) is 0 Å². The van der Waals surface area contributed by atoms with Crippen molar-refractivity contribution in [3.05, 3.63) is 30.7 Å². The molecule has 0 aliphatic heterocycles. The molecule has 1 radical (unpaired) electrons. The molecule has 0 heteroatoms. The van der Waals surface area contributed by atoms with Crippen LogP contribution in [0.5, 0.6) is 0 Å². The van der Waals surface area contributed by atoms with Gasteiger partial charge in [-0.2, -0.15) is 0 Å². The Bertz CT molecular complexity index is 96.6. The van der Waals surface area contributed by atoms with Crippen molar-refractivity contribution < 1.29 is 0 Å². The molecule has 45 valence electrons. The summed E-state index contributed by atoms with van der Waals surface area (Å²) in [5, 5.41) is 0. The maximum atomic E-state index is 3.70. The summed E-state index contributed by atoms with van der Waals surface area (Å²) in [5.41, 5.74) is 1.29. The second kappa shape index (κ2) is 4.63. The molecule has 0 aromatic carbocycles. The molecule has 0 bridgehead atoms. The molecule has 0 rings (SSSR count). The predicted molar refractivity (Wildman–Crippen MR) is 38.5 cm³/mol. The van der Waals surface area contributed by atoms with Crippen molar-refractivity contribution in [2.24, 2.45) is 0 Å². The molecule has 0 aromatic heterocycles. The van der Waals surface area contributed by atoms with E-state index >= 15 is 0 Å². The maximum absolute atomic E-state index is 3.70. The Morgan fingerprint density at radius 1 is 1.62 bits per heavy atom. The van der Waals surface area contributed by atoms with Crippen LogP contribution >= 0.6 is 0 Å². The summed E-state index contributed by atoms with van der Waals surface area (Å²) >= 11 is 0. The van der Waals surface area contributed by atoms with Gasteiger partial charge in [0, 0.05) is 0 Å². The van der Waals surface area contributed by atoms with Gasteiger partial charge in [0.05, 0.1) is 0 Å². The molecule has 8 heavy (non-hydrogen) atoms. The van der Waals surface area contributed by atoms with E-state index in [1.165, 1.54) is 5.57 Å². The Labute approximate surface area is 51.9 Å². The first-order valence-corrected chi connectivity index (χ1v) is 2.90. The van der Waals surface area contributed by atoms with Crippen LogP contribution < -0.4 is 0 Å². The van der Waals surface area contributed by atoms with Gasteiger partial charge < -0.3 is 0 Å². The lowest BCUT2D eigenvalue weighted by Crippen LogP contribution is -1.64. The highest BCUT2D eigenvalue weighted by atomic mass is 13.8. The van der Waals surface area contributed by atoms with Crippen molar-refractivity contribution in [2.45, 2.75) is 20.3 Å². The van der Waals surface area contributed by atoms with Crippen molar-refractivity contribution in [3.63, 3.8) is 0 Å². The Balaban J connectivity index is 3.61. The Kier molecular flexibility index (Phi) is 4.33. The fourth-order valence-corrected chi connectivity index (χ4v) is 0.559. The van der Waals surface area contributed by atoms with E-state index in [9.17, 15) is 0 Å². The third kappa shape index (κ3) is 3.66. The fourth-order valence-electron chi connectivity index (χ4n) is 0.559. The smallest absolute Gasteiger partial charge is 0.0345 e. The largest absolute Gasteiger partial charge is 0.0874 e. The maximum Gasteiger partial charge on any atom is -0.0345 e. The van der Waals surface area contributed by atoms with E-state index in [0.29, 0.717) is 0 Å². The minimum Gasteiger partial charge on any atom is -0.0874 e. The highest BCUT2D eigenvalue weighted by Gasteiger charge is 1.74. The van der Waals surface area contributed by atoms with Crippen molar-refractivity contribution in [3.8, 4) is 0 Å². The average Bonchev–Trinajstić information content (AvgIpc) is 1.68. The van der Waals surface area contributed by atoms with Crippen LogP contribution in [0.1, 0.15) is 20.3 Å². The van der Waals surface area contributed by atoms with E-state index in [1.807, 2.05) is 13.0 Å². The SMILES string of the molecule is [CH2]CC=C(C)C=CC. The molecule has 0 fully saturated rings. The highest BCUT2D eigenvalue weighted by Crippen LogP contribution is 1.94. The molecular formula is C8H13. The molecule has 0 aromatic rings. The zero-order valence-electron chi connectivity index (χ0n) is 5.65. The first-order chi connectivity index (χ1) is 3.81. The van der Waals surface area contributed by atoms with Crippen molar-refractivity contribution in [2.75, 3.05) is 0 Å². The van der Waals surface area contributed by atoms with Crippen molar-refractivity contribution in [1.82, 2.24) is 0 Å². The summed E-state index contributed by atoms with van der Waals surface area (Å²) in [4.78, 5) is 0. The van der Waals surface area contributed by atoms with Crippen molar-refractivity contribution >= 4 is 0 Å². The van der Waals surface area contributed by atoms with Crippen LogP contribution in [0.4, 0.5) is 0 Å². The minimum absolute atomic E-state index is 0.885. The summed E-state index contributed by atoms with van der Waals surface area (Å²) in [5.74, 6) is 0. The van der Waals surface area contributed by atoms with Crippen LogP contribution in [0.25, 0.3) is 0 Å². The van der Waals surface area contributed by atoms with Crippen LogP contribution in [0.3, 0.4) is 0 Å². The Hall–Kier alpha value is -0.520. The molecule has 0 N–H and O–H groups in total. The second-order valence-corrected chi connectivity index (χ2v) is 1.74. The molecule has 0 aliphatic rings. The van der Waals surface area contributed by atoms with E-state index in [2.05, 4.69) is 26.0 Å². The number of allylic oxidation sites excluding steroid dienone is 4.